The van der Waals surface area contributed by atoms with E-state index >= 15 is 0 Å². The number of Topliss-reactive ketones (excluding diaryl/α,β-unsaturated/α-hetero) is 1. The molecule has 0 aromatic heterocycles. The van der Waals surface area contributed by atoms with Crippen LogP contribution in [-0.2, 0) is 16.0 Å². The lowest BCUT2D eigenvalue weighted by Gasteiger charge is -2.20. The van der Waals surface area contributed by atoms with E-state index in [0.29, 0.717) is 42.1 Å². The molecule has 4 aromatic rings. The minimum absolute atomic E-state index is 0.128. The van der Waals surface area contributed by atoms with E-state index in [1.165, 1.54) is 7.11 Å². The Labute approximate surface area is 245 Å². The Morgan fingerprint density at radius 1 is 0.786 bits per heavy atom. The van der Waals surface area contributed by atoms with Gasteiger partial charge in [-0.15, -0.1) is 0 Å². The predicted octanol–water partition coefficient (Wildman–Crippen LogP) is 6.20. The van der Waals surface area contributed by atoms with Crippen molar-refractivity contribution in [2.75, 3.05) is 30.9 Å². The molecule has 214 valence electrons. The Kier molecular flexibility index (Phi) is 9.29. The second-order valence-corrected chi connectivity index (χ2v) is 10.3. The lowest BCUT2D eigenvalue weighted by atomic mass is 10.00. The number of benzene rings is 4. The highest BCUT2D eigenvalue weighted by atomic mass is 16.5. The smallest absolute Gasteiger partial charge is 0.328 e. The summed E-state index contributed by atoms with van der Waals surface area (Å²) in [7, 11) is 1.35. The van der Waals surface area contributed by atoms with Crippen LogP contribution in [-0.4, -0.2) is 43.8 Å². The van der Waals surface area contributed by atoms with Gasteiger partial charge in [-0.3, -0.25) is 9.59 Å². The largest absolute Gasteiger partial charge is 0.492 e. The number of anilines is 2. The van der Waals surface area contributed by atoms with Gasteiger partial charge in [-0.2, -0.15) is 0 Å². The number of carbonyl (C=O) groups is 3. The number of para-hydroxylation sites is 2. The molecule has 0 heterocycles. The Balaban J connectivity index is 1.18. The fraction of sp³-hybridized carbons (Fsp3) is 0.229. The molecule has 1 unspecified atom stereocenters. The van der Waals surface area contributed by atoms with Crippen molar-refractivity contribution >= 4 is 28.9 Å². The fourth-order valence-electron chi connectivity index (χ4n) is 4.80. The van der Waals surface area contributed by atoms with Gasteiger partial charge in [0.1, 0.15) is 18.4 Å². The summed E-state index contributed by atoms with van der Waals surface area (Å²) in [4.78, 5) is 38.4. The molecule has 1 fully saturated rings. The van der Waals surface area contributed by atoms with E-state index in [1.807, 2.05) is 72.8 Å². The number of hydrogen-bond donors (Lipinski definition) is 2. The molecule has 0 amide bonds. The molecule has 0 bridgehead atoms. The minimum Gasteiger partial charge on any atom is -0.492 e. The van der Waals surface area contributed by atoms with Gasteiger partial charge in [0.25, 0.3) is 0 Å². The van der Waals surface area contributed by atoms with E-state index in [4.69, 9.17) is 9.47 Å². The van der Waals surface area contributed by atoms with Crippen LogP contribution in [0.2, 0.25) is 0 Å². The maximum atomic E-state index is 13.2. The third-order valence-corrected chi connectivity index (χ3v) is 7.21. The van der Waals surface area contributed by atoms with Crippen molar-refractivity contribution in [1.82, 2.24) is 0 Å². The lowest BCUT2D eigenvalue weighted by Crippen LogP contribution is -2.33. The molecule has 7 nitrogen and oxygen atoms in total. The molecule has 1 aliphatic carbocycles. The summed E-state index contributed by atoms with van der Waals surface area (Å²) in [6.07, 6.45) is 2.31. The number of ether oxygens (including phenoxy) is 2. The van der Waals surface area contributed by atoms with E-state index in [9.17, 15) is 14.4 Å². The van der Waals surface area contributed by atoms with Gasteiger partial charge < -0.3 is 20.1 Å². The fourth-order valence-corrected chi connectivity index (χ4v) is 4.80. The highest BCUT2D eigenvalue weighted by Gasteiger charge is 2.31. The van der Waals surface area contributed by atoms with Crippen molar-refractivity contribution in [3.63, 3.8) is 0 Å². The maximum Gasteiger partial charge on any atom is 0.328 e. The van der Waals surface area contributed by atoms with Crippen LogP contribution in [0.1, 0.15) is 44.7 Å². The molecule has 0 spiro atoms. The molecule has 2 N–H and O–H groups in total. The van der Waals surface area contributed by atoms with Gasteiger partial charge in [0.2, 0.25) is 0 Å². The van der Waals surface area contributed by atoms with Crippen LogP contribution in [0.4, 0.5) is 11.4 Å². The average molecular weight is 563 g/mol. The SMILES string of the molecule is COC(=O)C(Cc1ccc(OCCNc2ccccc2C(=O)C2CC2)cc1)Nc1ccccc1C(=O)c1ccccc1. The maximum absolute atomic E-state index is 13.2. The molecule has 5 rings (SSSR count). The second-order valence-electron chi connectivity index (χ2n) is 10.3. The van der Waals surface area contributed by atoms with Crippen LogP contribution < -0.4 is 15.4 Å². The van der Waals surface area contributed by atoms with Crippen molar-refractivity contribution in [2.24, 2.45) is 5.92 Å². The summed E-state index contributed by atoms with van der Waals surface area (Å²) in [5, 5.41) is 6.55. The molecule has 1 saturated carbocycles. The van der Waals surface area contributed by atoms with Gasteiger partial charge in [0, 0.05) is 46.9 Å². The van der Waals surface area contributed by atoms with Crippen LogP contribution in [0.3, 0.4) is 0 Å². The van der Waals surface area contributed by atoms with E-state index in [1.54, 1.807) is 30.3 Å². The number of rotatable bonds is 14. The van der Waals surface area contributed by atoms with E-state index in [-0.39, 0.29) is 17.5 Å². The van der Waals surface area contributed by atoms with Crippen LogP contribution in [0.25, 0.3) is 0 Å². The monoisotopic (exact) mass is 562 g/mol. The molecule has 0 saturated heterocycles. The topological polar surface area (TPSA) is 93.7 Å². The number of methoxy groups -OCH3 is 1. The number of esters is 1. The first-order valence-corrected chi connectivity index (χ1v) is 14.2. The average Bonchev–Trinajstić information content (AvgIpc) is 3.89. The summed E-state index contributed by atoms with van der Waals surface area (Å²) in [6.45, 7) is 0.968. The molecule has 0 aliphatic heterocycles. The third-order valence-electron chi connectivity index (χ3n) is 7.21. The Morgan fingerprint density at radius 3 is 2.12 bits per heavy atom. The van der Waals surface area contributed by atoms with Gasteiger partial charge in [0.05, 0.1) is 7.11 Å². The quantitative estimate of drug-likeness (QED) is 0.107. The summed E-state index contributed by atoms with van der Waals surface area (Å²) < 4.78 is 11.0. The van der Waals surface area contributed by atoms with Crippen molar-refractivity contribution in [3.8, 4) is 5.75 Å². The van der Waals surface area contributed by atoms with E-state index < -0.39 is 12.0 Å². The summed E-state index contributed by atoms with van der Waals surface area (Å²) >= 11 is 0. The minimum atomic E-state index is -0.700. The molecule has 1 atom stereocenters. The molecule has 4 aromatic carbocycles. The van der Waals surface area contributed by atoms with E-state index in [2.05, 4.69) is 10.6 Å². The lowest BCUT2D eigenvalue weighted by molar-refractivity contribution is -0.141. The van der Waals surface area contributed by atoms with Gasteiger partial charge in [-0.1, -0.05) is 66.7 Å². The van der Waals surface area contributed by atoms with Crippen molar-refractivity contribution in [1.29, 1.82) is 0 Å². The van der Waals surface area contributed by atoms with Crippen molar-refractivity contribution < 1.29 is 23.9 Å². The van der Waals surface area contributed by atoms with Crippen molar-refractivity contribution in [3.05, 3.63) is 125 Å². The van der Waals surface area contributed by atoms with Gasteiger partial charge in [-0.25, -0.2) is 4.79 Å². The van der Waals surface area contributed by atoms with Crippen molar-refractivity contribution in [2.45, 2.75) is 25.3 Å². The number of carbonyl (C=O) groups excluding carboxylic acids is 3. The van der Waals surface area contributed by atoms with Gasteiger partial charge >= 0.3 is 5.97 Å². The second kappa shape index (κ2) is 13.6. The first-order chi connectivity index (χ1) is 20.5. The normalized spacial score (nSPS) is 13.1. The standard InChI is InChI=1S/C35H34N2O5/c1-41-35(40)32(37-31-14-8-6-12-29(31)33(38)25-9-3-2-4-10-25)23-24-15-19-27(20-16-24)42-22-21-36-30-13-7-5-11-28(30)34(39)26-17-18-26/h2-16,19-20,26,32,36-37H,17-18,21-23H2,1H3. The molecular formula is C35H34N2O5. The molecule has 7 heteroatoms. The number of nitrogens with one attached hydrogen (secondary N) is 2. The molecular weight excluding hydrogens is 528 g/mol. The van der Waals surface area contributed by atoms with E-state index in [0.717, 1.165) is 29.7 Å². The summed E-state index contributed by atoms with van der Waals surface area (Å²) in [5.74, 6) is 0.522. The zero-order valence-electron chi connectivity index (χ0n) is 23.5. The highest BCUT2D eigenvalue weighted by molar-refractivity contribution is 6.12. The number of ketones is 2. The Morgan fingerprint density at radius 2 is 1.43 bits per heavy atom. The van der Waals surface area contributed by atoms with Gasteiger partial charge in [0.15, 0.2) is 11.6 Å². The van der Waals surface area contributed by atoms with Crippen LogP contribution in [0.5, 0.6) is 5.75 Å². The van der Waals surface area contributed by atoms with Crippen LogP contribution >= 0.6 is 0 Å². The summed E-state index contributed by atoms with van der Waals surface area (Å²) in [6, 6.07) is 30.6. The number of hydrogen-bond acceptors (Lipinski definition) is 7. The zero-order chi connectivity index (χ0) is 29.3. The third kappa shape index (κ3) is 7.23. The molecule has 42 heavy (non-hydrogen) atoms. The van der Waals surface area contributed by atoms with Crippen LogP contribution in [0.15, 0.2) is 103 Å². The first-order valence-electron chi connectivity index (χ1n) is 14.2. The molecule has 1 aliphatic rings. The molecule has 0 radical (unpaired) electrons. The zero-order valence-corrected chi connectivity index (χ0v) is 23.5. The van der Waals surface area contributed by atoms with Gasteiger partial charge in [-0.05, 0) is 54.8 Å². The highest BCUT2D eigenvalue weighted by Crippen LogP contribution is 2.34. The Hall–Kier alpha value is -4.91. The summed E-state index contributed by atoms with van der Waals surface area (Å²) in [5.41, 5.74) is 4.10. The predicted molar refractivity (Wildman–Crippen MR) is 163 cm³/mol. The Bertz CT molecular complexity index is 1530. The first kappa shape index (κ1) is 28.6. The van der Waals surface area contributed by atoms with Crippen LogP contribution in [0, 0.1) is 5.92 Å².